The number of benzene rings is 1. The van der Waals surface area contributed by atoms with E-state index in [4.69, 9.17) is 0 Å². The van der Waals surface area contributed by atoms with Crippen molar-refractivity contribution in [2.24, 2.45) is 0 Å². The van der Waals surface area contributed by atoms with Crippen LogP contribution in [0.4, 0.5) is 11.5 Å². The third kappa shape index (κ3) is 2.91. The normalized spacial score (nSPS) is 10.1. The lowest BCUT2D eigenvalue weighted by Crippen LogP contribution is -2.14. The van der Waals surface area contributed by atoms with Crippen LogP contribution in [0.3, 0.4) is 0 Å². The van der Waals surface area contributed by atoms with E-state index < -0.39 is 0 Å². The number of nitrogens with one attached hydrogen (secondary N) is 2. The molecule has 2 rings (SSSR count). The molecule has 0 aliphatic carbocycles. The van der Waals surface area contributed by atoms with Gasteiger partial charge in [0.05, 0.1) is 5.56 Å². The van der Waals surface area contributed by atoms with Crippen molar-refractivity contribution in [1.82, 2.24) is 4.98 Å². The molecule has 0 aliphatic heterocycles. The molecule has 1 amide bonds. The summed E-state index contributed by atoms with van der Waals surface area (Å²) >= 11 is 0. The van der Waals surface area contributed by atoms with Crippen LogP contribution in [0.1, 0.15) is 21.5 Å². The highest BCUT2D eigenvalue weighted by molar-refractivity contribution is 6.04. The van der Waals surface area contributed by atoms with Gasteiger partial charge in [-0.1, -0.05) is 18.2 Å². The molecule has 0 radical (unpaired) electrons. The number of carbonyl (C=O) groups excluding carboxylic acids is 1. The Labute approximate surface area is 112 Å². The second-order valence-electron chi connectivity index (χ2n) is 4.40. The van der Waals surface area contributed by atoms with Crippen LogP contribution < -0.4 is 10.6 Å². The molecule has 4 heteroatoms. The molecule has 0 aliphatic rings. The molecular weight excluding hydrogens is 238 g/mol. The van der Waals surface area contributed by atoms with Crippen molar-refractivity contribution >= 4 is 17.4 Å². The van der Waals surface area contributed by atoms with Crippen molar-refractivity contribution in [3.8, 4) is 0 Å². The summed E-state index contributed by atoms with van der Waals surface area (Å²) in [6.45, 7) is 3.95. The number of pyridine rings is 1. The van der Waals surface area contributed by atoms with Crippen molar-refractivity contribution in [2.45, 2.75) is 13.8 Å². The summed E-state index contributed by atoms with van der Waals surface area (Å²) in [5.41, 5.74) is 3.51. The van der Waals surface area contributed by atoms with Gasteiger partial charge in [-0.3, -0.25) is 4.79 Å². The number of hydrogen-bond acceptors (Lipinski definition) is 3. The Bertz CT molecular complexity index is 571. The molecule has 98 valence electrons. The van der Waals surface area contributed by atoms with Crippen molar-refractivity contribution < 1.29 is 4.79 Å². The van der Waals surface area contributed by atoms with Crippen LogP contribution in [0.25, 0.3) is 0 Å². The molecule has 0 saturated carbocycles. The standard InChI is InChI=1S/C15H17N3O/c1-10-5-4-6-11(2)14(10)18-15(19)12-7-8-13(16-3)17-9-12/h4-9H,1-3H3,(H,16,17)(H,18,19). The van der Waals surface area contributed by atoms with Gasteiger partial charge in [0.25, 0.3) is 5.91 Å². The third-order valence-corrected chi connectivity index (χ3v) is 3.00. The fraction of sp³-hybridized carbons (Fsp3) is 0.200. The molecule has 0 fully saturated rings. The first kappa shape index (κ1) is 13.1. The van der Waals surface area contributed by atoms with E-state index >= 15 is 0 Å². The van der Waals surface area contributed by atoms with Crippen LogP contribution in [0.15, 0.2) is 36.5 Å². The Kier molecular flexibility index (Phi) is 3.80. The molecule has 1 aromatic carbocycles. The molecule has 4 nitrogen and oxygen atoms in total. The Balaban J connectivity index is 2.20. The summed E-state index contributed by atoms with van der Waals surface area (Å²) in [7, 11) is 1.79. The fourth-order valence-electron chi connectivity index (χ4n) is 1.87. The predicted molar refractivity (Wildman–Crippen MR) is 77.7 cm³/mol. The SMILES string of the molecule is CNc1ccc(C(=O)Nc2c(C)cccc2C)cn1. The van der Waals surface area contributed by atoms with Crippen molar-refractivity contribution in [2.75, 3.05) is 17.7 Å². The third-order valence-electron chi connectivity index (χ3n) is 3.00. The van der Waals surface area contributed by atoms with Crippen molar-refractivity contribution in [3.63, 3.8) is 0 Å². The lowest BCUT2D eigenvalue weighted by molar-refractivity contribution is 0.102. The molecule has 0 bridgehead atoms. The number of aryl methyl sites for hydroxylation is 2. The van der Waals surface area contributed by atoms with Crippen LogP contribution in [-0.4, -0.2) is 17.9 Å². The molecule has 2 N–H and O–H groups in total. The van der Waals surface area contributed by atoms with E-state index in [1.165, 1.54) is 0 Å². The quantitative estimate of drug-likeness (QED) is 0.886. The molecule has 2 aromatic rings. The van der Waals surface area contributed by atoms with E-state index in [-0.39, 0.29) is 5.91 Å². The summed E-state index contributed by atoms with van der Waals surface area (Å²) in [5, 5.41) is 5.85. The minimum atomic E-state index is -0.146. The van der Waals surface area contributed by atoms with E-state index in [0.29, 0.717) is 5.56 Å². The summed E-state index contributed by atoms with van der Waals surface area (Å²) < 4.78 is 0. The van der Waals surface area contributed by atoms with Gasteiger partial charge in [0, 0.05) is 18.9 Å². The number of anilines is 2. The Morgan fingerprint density at radius 3 is 2.32 bits per heavy atom. The number of amides is 1. The zero-order valence-corrected chi connectivity index (χ0v) is 11.3. The maximum atomic E-state index is 12.1. The van der Waals surface area contributed by atoms with Gasteiger partial charge in [0.2, 0.25) is 0 Å². The summed E-state index contributed by atoms with van der Waals surface area (Å²) in [6, 6.07) is 9.46. The van der Waals surface area contributed by atoms with Gasteiger partial charge in [-0.25, -0.2) is 4.98 Å². The second kappa shape index (κ2) is 5.52. The highest BCUT2D eigenvalue weighted by atomic mass is 16.1. The van der Waals surface area contributed by atoms with Gasteiger partial charge in [-0.15, -0.1) is 0 Å². The van der Waals surface area contributed by atoms with Crippen LogP contribution >= 0.6 is 0 Å². The van der Waals surface area contributed by atoms with Crippen LogP contribution in [0.2, 0.25) is 0 Å². The lowest BCUT2D eigenvalue weighted by Gasteiger charge is -2.11. The number of aromatic nitrogens is 1. The summed E-state index contributed by atoms with van der Waals surface area (Å²) in [5.74, 6) is 0.594. The van der Waals surface area contributed by atoms with Crippen LogP contribution in [0, 0.1) is 13.8 Å². The molecule has 0 unspecified atom stereocenters. The number of carbonyl (C=O) groups is 1. The molecule has 19 heavy (non-hydrogen) atoms. The van der Waals surface area contributed by atoms with Crippen molar-refractivity contribution in [3.05, 3.63) is 53.2 Å². The molecule has 1 aromatic heterocycles. The first-order valence-corrected chi connectivity index (χ1v) is 6.13. The van der Waals surface area contributed by atoms with E-state index in [0.717, 1.165) is 22.6 Å². The minimum absolute atomic E-state index is 0.146. The number of hydrogen-bond donors (Lipinski definition) is 2. The average molecular weight is 255 g/mol. The van der Waals surface area contributed by atoms with E-state index in [9.17, 15) is 4.79 Å². The topological polar surface area (TPSA) is 54.0 Å². The van der Waals surface area contributed by atoms with Gasteiger partial charge in [-0.2, -0.15) is 0 Å². The van der Waals surface area contributed by atoms with E-state index in [2.05, 4.69) is 15.6 Å². The minimum Gasteiger partial charge on any atom is -0.373 e. The zero-order valence-electron chi connectivity index (χ0n) is 11.3. The molecule has 1 heterocycles. The second-order valence-corrected chi connectivity index (χ2v) is 4.40. The Morgan fingerprint density at radius 1 is 1.11 bits per heavy atom. The number of para-hydroxylation sites is 1. The summed E-state index contributed by atoms with van der Waals surface area (Å²) in [6.07, 6.45) is 1.56. The lowest BCUT2D eigenvalue weighted by atomic mass is 10.1. The van der Waals surface area contributed by atoms with Gasteiger partial charge in [-0.05, 0) is 37.1 Å². The van der Waals surface area contributed by atoms with Gasteiger partial charge in [0.15, 0.2) is 0 Å². The Hall–Kier alpha value is -2.36. The fourth-order valence-corrected chi connectivity index (χ4v) is 1.87. The average Bonchev–Trinajstić information content (AvgIpc) is 2.43. The number of nitrogens with zero attached hydrogens (tertiary/aromatic N) is 1. The van der Waals surface area contributed by atoms with Crippen LogP contribution in [-0.2, 0) is 0 Å². The molecule has 0 spiro atoms. The Morgan fingerprint density at radius 2 is 1.79 bits per heavy atom. The zero-order chi connectivity index (χ0) is 13.8. The van der Waals surface area contributed by atoms with Gasteiger partial charge in [0.1, 0.15) is 5.82 Å². The number of rotatable bonds is 3. The highest BCUT2D eigenvalue weighted by Crippen LogP contribution is 2.20. The molecule has 0 saturated heterocycles. The van der Waals surface area contributed by atoms with Crippen LogP contribution in [0.5, 0.6) is 0 Å². The van der Waals surface area contributed by atoms with E-state index in [1.54, 1.807) is 25.4 Å². The van der Waals surface area contributed by atoms with Gasteiger partial charge < -0.3 is 10.6 Å². The first-order valence-electron chi connectivity index (χ1n) is 6.13. The van der Waals surface area contributed by atoms with E-state index in [1.807, 2.05) is 32.0 Å². The highest BCUT2D eigenvalue weighted by Gasteiger charge is 2.09. The van der Waals surface area contributed by atoms with Gasteiger partial charge >= 0.3 is 0 Å². The first-order chi connectivity index (χ1) is 9.11. The largest absolute Gasteiger partial charge is 0.373 e. The predicted octanol–water partition coefficient (Wildman–Crippen LogP) is 2.99. The summed E-state index contributed by atoms with van der Waals surface area (Å²) in [4.78, 5) is 16.3. The monoisotopic (exact) mass is 255 g/mol. The molecule has 0 atom stereocenters. The van der Waals surface area contributed by atoms with Crippen molar-refractivity contribution in [1.29, 1.82) is 0 Å². The smallest absolute Gasteiger partial charge is 0.257 e. The maximum absolute atomic E-state index is 12.1. The molecular formula is C15H17N3O. The maximum Gasteiger partial charge on any atom is 0.257 e.